The SMILES string of the molecule is [C]1=NCCCCO1. The van der Waals surface area contributed by atoms with Gasteiger partial charge >= 0.3 is 0 Å². The maximum absolute atomic E-state index is 4.78. The highest BCUT2D eigenvalue weighted by Gasteiger charge is 1.90. The lowest BCUT2D eigenvalue weighted by Crippen LogP contribution is -1.85. The fourth-order valence-corrected chi connectivity index (χ4v) is 0.502. The first-order valence-electron chi connectivity index (χ1n) is 2.53. The van der Waals surface area contributed by atoms with Gasteiger partial charge in [0.05, 0.1) is 6.61 Å². The third kappa shape index (κ3) is 1.57. The minimum atomic E-state index is 0.795. The maximum Gasteiger partial charge on any atom is 0.273 e. The molecule has 1 aliphatic rings. The van der Waals surface area contributed by atoms with Crippen LogP contribution in [0, 0.1) is 0 Å². The molecule has 0 unspecified atom stereocenters. The molecule has 0 aromatic carbocycles. The summed E-state index contributed by atoms with van der Waals surface area (Å²) in [6.45, 7) is 1.68. The van der Waals surface area contributed by atoms with Crippen LogP contribution in [0.25, 0.3) is 0 Å². The lowest BCUT2D eigenvalue weighted by Gasteiger charge is -1.88. The first-order valence-corrected chi connectivity index (χ1v) is 2.53. The summed E-state index contributed by atoms with van der Waals surface area (Å²) in [4.78, 5) is 3.80. The van der Waals surface area contributed by atoms with Crippen LogP contribution in [0.3, 0.4) is 0 Å². The Bertz CT molecular complexity index is 62.5. The van der Waals surface area contributed by atoms with Crippen molar-refractivity contribution in [2.24, 2.45) is 4.99 Å². The largest absolute Gasteiger partial charge is 0.474 e. The van der Waals surface area contributed by atoms with Gasteiger partial charge in [-0.25, -0.2) is 4.99 Å². The Kier molecular flexibility index (Phi) is 1.72. The smallest absolute Gasteiger partial charge is 0.273 e. The second-order valence-corrected chi connectivity index (χ2v) is 1.53. The molecule has 1 rings (SSSR count). The molecular formula is C5H8NO. The van der Waals surface area contributed by atoms with Crippen molar-refractivity contribution in [1.82, 2.24) is 0 Å². The van der Waals surface area contributed by atoms with E-state index < -0.39 is 0 Å². The van der Waals surface area contributed by atoms with Crippen molar-refractivity contribution in [3.63, 3.8) is 0 Å². The van der Waals surface area contributed by atoms with E-state index in [1.807, 2.05) is 0 Å². The van der Waals surface area contributed by atoms with Crippen molar-refractivity contribution in [1.29, 1.82) is 0 Å². The molecule has 0 aliphatic carbocycles. The number of rotatable bonds is 0. The van der Waals surface area contributed by atoms with Crippen molar-refractivity contribution >= 4 is 6.40 Å². The minimum absolute atomic E-state index is 0.795. The van der Waals surface area contributed by atoms with Gasteiger partial charge in [0, 0.05) is 6.54 Å². The summed E-state index contributed by atoms with van der Waals surface area (Å²) in [5, 5.41) is 0. The average molecular weight is 98.1 g/mol. The van der Waals surface area contributed by atoms with Crippen LogP contribution in [0.1, 0.15) is 12.8 Å². The van der Waals surface area contributed by atoms with Gasteiger partial charge in [0.1, 0.15) is 0 Å². The van der Waals surface area contributed by atoms with E-state index in [0.717, 1.165) is 26.0 Å². The van der Waals surface area contributed by atoms with Gasteiger partial charge in [-0.05, 0) is 12.8 Å². The molecule has 39 valence electrons. The molecule has 0 amide bonds. The summed E-state index contributed by atoms with van der Waals surface area (Å²) in [5.41, 5.74) is 0. The molecule has 7 heavy (non-hydrogen) atoms. The first-order chi connectivity index (χ1) is 3.50. The van der Waals surface area contributed by atoms with E-state index in [1.165, 1.54) is 0 Å². The number of ether oxygens (including phenoxy) is 1. The third-order valence-corrected chi connectivity index (χ3v) is 0.895. The Morgan fingerprint density at radius 3 is 3.43 bits per heavy atom. The molecule has 2 heteroatoms. The lowest BCUT2D eigenvalue weighted by atomic mass is 10.3. The van der Waals surface area contributed by atoms with Crippen LogP contribution < -0.4 is 0 Å². The molecular weight excluding hydrogens is 90.1 g/mol. The summed E-state index contributed by atoms with van der Waals surface area (Å²) in [7, 11) is 0. The molecule has 0 N–H and O–H groups in total. The zero-order chi connectivity index (χ0) is 4.95. The van der Waals surface area contributed by atoms with Gasteiger partial charge in [0.25, 0.3) is 6.40 Å². The van der Waals surface area contributed by atoms with E-state index in [-0.39, 0.29) is 0 Å². The van der Waals surface area contributed by atoms with Crippen LogP contribution in [0.2, 0.25) is 0 Å². The van der Waals surface area contributed by atoms with Crippen molar-refractivity contribution in [3.8, 4) is 0 Å². The molecule has 0 saturated carbocycles. The second-order valence-electron chi connectivity index (χ2n) is 1.53. The highest BCUT2D eigenvalue weighted by atomic mass is 16.5. The van der Waals surface area contributed by atoms with Crippen molar-refractivity contribution in [2.75, 3.05) is 13.2 Å². The predicted molar refractivity (Wildman–Crippen MR) is 27.5 cm³/mol. The zero-order valence-corrected chi connectivity index (χ0v) is 4.18. The molecule has 0 atom stereocenters. The van der Waals surface area contributed by atoms with Crippen molar-refractivity contribution in [3.05, 3.63) is 0 Å². The fraction of sp³-hybridized carbons (Fsp3) is 0.800. The van der Waals surface area contributed by atoms with Crippen LogP contribution >= 0.6 is 0 Å². The summed E-state index contributed by atoms with van der Waals surface area (Å²) in [6, 6.07) is 0. The van der Waals surface area contributed by atoms with E-state index >= 15 is 0 Å². The molecule has 1 radical (unpaired) electrons. The molecule has 0 fully saturated rings. The number of aliphatic imine (C=N–C) groups is 1. The standard InChI is InChI=1S/C5H8NO/c1-2-4-7-5-6-3-1/h1-4H2. The summed E-state index contributed by atoms with van der Waals surface area (Å²) in [6.07, 6.45) is 4.74. The van der Waals surface area contributed by atoms with Gasteiger partial charge in [0.15, 0.2) is 0 Å². The van der Waals surface area contributed by atoms with Crippen molar-refractivity contribution < 1.29 is 4.74 Å². The van der Waals surface area contributed by atoms with Gasteiger partial charge < -0.3 is 4.74 Å². The van der Waals surface area contributed by atoms with E-state index in [9.17, 15) is 0 Å². The van der Waals surface area contributed by atoms with Crippen molar-refractivity contribution in [2.45, 2.75) is 12.8 Å². The molecule has 0 bridgehead atoms. The summed E-state index contributed by atoms with van der Waals surface area (Å²) >= 11 is 0. The quantitative estimate of drug-likeness (QED) is 0.437. The monoisotopic (exact) mass is 98.1 g/mol. The number of hydrogen-bond acceptors (Lipinski definition) is 2. The molecule has 2 nitrogen and oxygen atoms in total. The van der Waals surface area contributed by atoms with Crippen LogP contribution in [0.5, 0.6) is 0 Å². The van der Waals surface area contributed by atoms with Gasteiger partial charge in [-0.1, -0.05) is 0 Å². The first kappa shape index (κ1) is 4.62. The Balaban J connectivity index is 2.20. The molecule has 0 aromatic heterocycles. The number of hydrogen-bond donors (Lipinski definition) is 0. The van der Waals surface area contributed by atoms with Crippen LogP contribution in [0.4, 0.5) is 0 Å². The molecule has 0 saturated heterocycles. The van der Waals surface area contributed by atoms with E-state index in [0.29, 0.717) is 0 Å². The lowest BCUT2D eigenvalue weighted by molar-refractivity contribution is 0.319. The topological polar surface area (TPSA) is 21.6 Å². The Morgan fingerprint density at radius 1 is 1.43 bits per heavy atom. The summed E-state index contributed by atoms with van der Waals surface area (Å²) in [5.74, 6) is 0. The third-order valence-electron chi connectivity index (χ3n) is 0.895. The molecule has 1 heterocycles. The van der Waals surface area contributed by atoms with Gasteiger partial charge in [0.2, 0.25) is 0 Å². The fourth-order valence-electron chi connectivity index (χ4n) is 0.502. The Hall–Kier alpha value is -0.530. The maximum atomic E-state index is 4.78. The highest BCUT2D eigenvalue weighted by Crippen LogP contribution is 1.92. The minimum Gasteiger partial charge on any atom is -0.474 e. The van der Waals surface area contributed by atoms with E-state index in [4.69, 9.17) is 4.74 Å². The predicted octanol–water partition coefficient (Wildman–Crippen LogP) is 0.702. The number of nitrogens with zero attached hydrogens (tertiary/aromatic N) is 1. The zero-order valence-electron chi connectivity index (χ0n) is 4.18. The van der Waals surface area contributed by atoms with Crippen LogP contribution in [0.15, 0.2) is 4.99 Å². The molecule has 1 aliphatic heterocycles. The van der Waals surface area contributed by atoms with Crippen LogP contribution in [-0.4, -0.2) is 19.6 Å². The van der Waals surface area contributed by atoms with E-state index in [1.54, 1.807) is 0 Å². The van der Waals surface area contributed by atoms with Crippen LogP contribution in [-0.2, 0) is 4.74 Å². The summed E-state index contributed by atoms with van der Waals surface area (Å²) < 4.78 is 4.78. The normalized spacial score (nSPS) is 20.6. The van der Waals surface area contributed by atoms with E-state index in [2.05, 4.69) is 11.4 Å². The molecule has 0 spiro atoms. The molecule has 0 aromatic rings. The highest BCUT2D eigenvalue weighted by molar-refractivity contribution is 5.46. The van der Waals surface area contributed by atoms with Gasteiger partial charge in [-0.15, -0.1) is 0 Å². The average Bonchev–Trinajstić information content (AvgIpc) is 1.90. The van der Waals surface area contributed by atoms with Gasteiger partial charge in [-0.3, -0.25) is 0 Å². The Morgan fingerprint density at radius 2 is 2.43 bits per heavy atom. The second kappa shape index (κ2) is 2.61. The van der Waals surface area contributed by atoms with Gasteiger partial charge in [-0.2, -0.15) is 0 Å². The Labute approximate surface area is 43.2 Å².